The number of carbonyl (C=O) groups excluding carboxylic acids is 1. The van der Waals surface area contributed by atoms with E-state index in [-0.39, 0.29) is 12.5 Å². The monoisotopic (exact) mass is 369 g/mol. The van der Waals surface area contributed by atoms with Crippen molar-refractivity contribution in [2.75, 3.05) is 19.5 Å². The highest BCUT2D eigenvalue weighted by Crippen LogP contribution is 2.38. The largest absolute Gasteiger partial charge is 0.495 e. The van der Waals surface area contributed by atoms with Crippen LogP contribution in [0.3, 0.4) is 0 Å². The number of nitrogens with zero attached hydrogens (tertiary/aromatic N) is 4. The molecule has 4 aromatic rings. The van der Waals surface area contributed by atoms with Crippen LogP contribution in [0.25, 0.3) is 21.3 Å². The van der Waals surface area contributed by atoms with Crippen molar-refractivity contribution in [1.82, 2.24) is 20.0 Å². The van der Waals surface area contributed by atoms with Crippen molar-refractivity contribution in [1.29, 1.82) is 0 Å². The van der Waals surface area contributed by atoms with Gasteiger partial charge in [-0.05, 0) is 24.3 Å². The fourth-order valence-electron chi connectivity index (χ4n) is 2.67. The van der Waals surface area contributed by atoms with Crippen LogP contribution in [0.5, 0.6) is 11.5 Å². The van der Waals surface area contributed by atoms with Gasteiger partial charge in [-0.1, -0.05) is 28.7 Å². The number of para-hydroxylation sites is 1. The molecule has 0 spiro atoms. The minimum absolute atomic E-state index is 0.0463. The lowest BCUT2D eigenvalue weighted by molar-refractivity contribution is -0.116. The number of hydrogen-bond acceptors (Lipinski definition) is 7. The van der Waals surface area contributed by atoms with Gasteiger partial charge in [0.1, 0.15) is 33.8 Å². The SMILES string of the molecule is COc1ccc(OC)c2sc(NC(=O)Cn3nnc4ccccc43)nc12. The summed E-state index contributed by atoms with van der Waals surface area (Å²) in [5, 5.41) is 11.3. The Balaban J connectivity index is 1.59. The standard InChI is InChI=1S/C17H15N5O3S/c1-24-12-7-8-13(25-2)16-15(12)19-17(26-16)18-14(23)9-22-11-6-4-3-5-10(11)20-21-22/h3-8H,9H2,1-2H3,(H,18,19,23). The molecule has 8 nitrogen and oxygen atoms in total. The van der Waals surface area contributed by atoms with Gasteiger partial charge in [-0.3, -0.25) is 4.79 Å². The molecule has 0 aliphatic rings. The van der Waals surface area contributed by atoms with Gasteiger partial charge in [-0.2, -0.15) is 0 Å². The summed E-state index contributed by atoms with van der Waals surface area (Å²) in [6.07, 6.45) is 0. The number of ether oxygens (including phenoxy) is 2. The number of nitrogens with one attached hydrogen (secondary N) is 1. The van der Waals surface area contributed by atoms with E-state index in [0.29, 0.717) is 22.1 Å². The van der Waals surface area contributed by atoms with Gasteiger partial charge in [-0.25, -0.2) is 9.67 Å². The lowest BCUT2D eigenvalue weighted by Crippen LogP contribution is -2.19. The summed E-state index contributed by atoms with van der Waals surface area (Å²) in [7, 11) is 3.17. The summed E-state index contributed by atoms with van der Waals surface area (Å²) in [5.74, 6) is 1.07. The molecule has 0 unspecified atom stereocenters. The van der Waals surface area contributed by atoms with E-state index in [0.717, 1.165) is 15.7 Å². The molecule has 0 fully saturated rings. The number of rotatable bonds is 5. The zero-order chi connectivity index (χ0) is 18.1. The first-order valence-electron chi connectivity index (χ1n) is 7.79. The van der Waals surface area contributed by atoms with Crippen molar-refractivity contribution in [2.45, 2.75) is 6.54 Å². The number of hydrogen-bond donors (Lipinski definition) is 1. The summed E-state index contributed by atoms with van der Waals surface area (Å²) in [6.45, 7) is 0.0463. The Morgan fingerprint density at radius 1 is 1.15 bits per heavy atom. The quantitative estimate of drug-likeness (QED) is 0.582. The van der Waals surface area contributed by atoms with Gasteiger partial charge in [-0.15, -0.1) is 5.10 Å². The summed E-state index contributed by atoms with van der Waals surface area (Å²) in [4.78, 5) is 16.9. The third-order valence-electron chi connectivity index (χ3n) is 3.87. The molecule has 2 heterocycles. The number of methoxy groups -OCH3 is 2. The molecule has 132 valence electrons. The first-order chi connectivity index (χ1) is 12.7. The number of carbonyl (C=O) groups is 1. The first-order valence-corrected chi connectivity index (χ1v) is 8.61. The van der Waals surface area contributed by atoms with Crippen LogP contribution >= 0.6 is 11.3 Å². The summed E-state index contributed by atoms with van der Waals surface area (Å²) in [6, 6.07) is 11.1. The van der Waals surface area contributed by atoms with Crippen molar-refractivity contribution < 1.29 is 14.3 Å². The predicted molar refractivity (Wildman–Crippen MR) is 98.9 cm³/mol. The minimum Gasteiger partial charge on any atom is -0.495 e. The molecule has 4 rings (SSSR count). The third kappa shape index (κ3) is 2.82. The maximum absolute atomic E-state index is 12.4. The van der Waals surface area contributed by atoms with Crippen LogP contribution in [-0.4, -0.2) is 40.1 Å². The number of amides is 1. The Hall–Kier alpha value is -3.20. The number of thiazole rings is 1. The lowest BCUT2D eigenvalue weighted by atomic mass is 10.3. The van der Waals surface area contributed by atoms with Crippen LogP contribution in [0.1, 0.15) is 0 Å². The van der Waals surface area contributed by atoms with Crippen LogP contribution in [-0.2, 0) is 11.3 Å². The molecule has 0 atom stereocenters. The van der Waals surface area contributed by atoms with Crippen LogP contribution in [0.15, 0.2) is 36.4 Å². The Labute approximate surface area is 152 Å². The Morgan fingerprint density at radius 3 is 2.73 bits per heavy atom. The average Bonchev–Trinajstić information content (AvgIpc) is 3.25. The van der Waals surface area contributed by atoms with Crippen molar-refractivity contribution >= 4 is 43.6 Å². The van der Waals surface area contributed by atoms with Gasteiger partial charge >= 0.3 is 0 Å². The van der Waals surface area contributed by atoms with E-state index < -0.39 is 0 Å². The van der Waals surface area contributed by atoms with Crippen LogP contribution in [0.2, 0.25) is 0 Å². The normalized spacial score (nSPS) is 11.0. The van der Waals surface area contributed by atoms with E-state index >= 15 is 0 Å². The second kappa shape index (κ2) is 6.60. The molecule has 2 aromatic carbocycles. The molecule has 1 amide bonds. The van der Waals surface area contributed by atoms with Gasteiger partial charge in [0, 0.05) is 0 Å². The van der Waals surface area contributed by atoms with E-state index in [2.05, 4.69) is 20.6 Å². The molecule has 0 saturated heterocycles. The Kier molecular flexibility index (Phi) is 4.13. The zero-order valence-corrected chi connectivity index (χ0v) is 14.9. The van der Waals surface area contributed by atoms with Crippen molar-refractivity contribution in [3.63, 3.8) is 0 Å². The summed E-state index contributed by atoms with van der Waals surface area (Å²) < 4.78 is 13.1. The molecule has 0 radical (unpaired) electrons. The molecule has 26 heavy (non-hydrogen) atoms. The number of aromatic nitrogens is 4. The Bertz CT molecular complexity index is 1060. The molecular formula is C17H15N5O3S. The smallest absolute Gasteiger partial charge is 0.247 e. The molecule has 2 aromatic heterocycles. The van der Waals surface area contributed by atoms with E-state index in [4.69, 9.17) is 9.47 Å². The van der Waals surface area contributed by atoms with Crippen molar-refractivity contribution in [3.8, 4) is 11.5 Å². The molecule has 0 aliphatic carbocycles. The first kappa shape index (κ1) is 16.3. The predicted octanol–water partition coefficient (Wildman–Crippen LogP) is 2.70. The summed E-state index contributed by atoms with van der Waals surface area (Å²) >= 11 is 1.33. The van der Waals surface area contributed by atoms with E-state index in [1.54, 1.807) is 25.0 Å². The van der Waals surface area contributed by atoms with Gasteiger partial charge < -0.3 is 14.8 Å². The molecule has 0 saturated carbocycles. The lowest BCUT2D eigenvalue weighted by Gasteiger charge is -2.03. The third-order valence-corrected chi connectivity index (χ3v) is 4.86. The fourth-order valence-corrected chi connectivity index (χ4v) is 3.66. The van der Waals surface area contributed by atoms with Gasteiger partial charge in [0.15, 0.2) is 5.13 Å². The maximum atomic E-state index is 12.4. The van der Waals surface area contributed by atoms with Gasteiger partial charge in [0.2, 0.25) is 5.91 Å². The highest BCUT2D eigenvalue weighted by molar-refractivity contribution is 7.22. The molecule has 9 heteroatoms. The van der Waals surface area contributed by atoms with Crippen LogP contribution in [0.4, 0.5) is 5.13 Å². The molecule has 0 aliphatic heterocycles. The average molecular weight is 369 g/mol. The zero-order valence-electron chi connectivity index (χ0n) is 14.1. The second-order valence-electron chi connectivity index (χ2n) is 5.45. The van der Waals surface area contributed by atoms with E-state index in [1.165, 1.54) is 11.3 Å². The maximum Gasteiger partial charge on any atom is 0.247 e. The van der Waals surface area contributed by atoms with Gasteiger partial charge in [0.05, 0.1) is 19.7 Å². The summed E-state index contributed by atoms with van der Waals surface area (Å²) in [5.41, 5.74) is 2.20. The molecule has 0 bridgehead atoms. The van der Waals surface area contributed by atoms with E-state index in [1.807, 2.05) is 30.3 Å². The highest BCUT2D eigenvalue weighted by Gasteiger charge is 2.16. The van der Waals surface area contributed by atoms with Crippen LogP contribution < -0.4 is 14.8 Å². The highest BCUT2D eigenvalue weighted by atomic mass is 32.1. The van der Waals surface area contributed by atoms with E-state index in [9.17, 15) is 4.79 Å². The number of benzene rings is 2. The van der Waals surface area contributed by atoms with Crippen LogP contribution in [0, 0.1) is 0 Å². The second-order valence-corrected chi connectivity index (χ2v) is 6.45. The fraction of sp³-hybridized carbons (Fsp3) is 0.176. The minimum atomic E-state index is -0.238. The molecular weight excluding hydrogens is 354 g/mol. The number of anilines is 1. The van der Waals surface area contributed by atoms with Crippen molar-refractivity contribution in [2.24, 2.45) is 0 Å². The van der Waals surface area contributed by atoms with Gasteiger partial charge in [0.25, 0.3) is 0 Å². The Morgan fingerprint density at radius 2 is 1.92 bits per heavy atom. The molecule has 1 N–H and O–H groups in total. The number of fused-ring (bicyclic) bond motifs is 2. The van der Waals surface area contributed by atoms with Crippen molar-refractivity contribution in [3.05, 3.63) is 36.4 Å². The topological polar surface area (TPSA) is 91.2 Å².